The third-order valence-corrected chi connectivity index (χ3v) is 2.83. The molecule has 0 saturated carbocycles. The van der Waals surface area contributed by atoms with Gasteiger partial charge in [-0.05, 0) is 26.0 Å². The molecule has 1 atom stereocenters. The molecule has 0 saturated heterocycles. The quantitative estimate of drug-likeness (QED) is 0.851. The van der Waals surface area contributed by atoms with Gasteiger partial charge in [-0.15, -0.1) is 0 Å². The van der Waals surface area contributed by atoms with E-state index in [1.54, 1.807) is 12.5 Å². The van der Waals surface area contributed by atoms with Crippen molar-refractivity contribution in [1.82, 2.24) is 9.97 Å². The van der Waals surface area contributed by atoms with E-state index in [2.05, 4.69) is 20.6 Å². The molecule has 19 heavy (non-hydrogen) atoms. The van der Waals surface area contributed by atoms with E-state index in [1.165, 1.54) is 0 Å². The van der Waals surface area contributed by atoms with Crippen LogP contribution in [0.4, 0.5) is 11.8 Å². The van der Waals surface area contributed by atoms with Gasteiger partial charge in [0.05, 0.1) is 12.5 Å². The highest BCUT2D eigenvalue weighted by molar-refractivity contribution is 6.32. The zero-order chi connectivity index (χ0) is 13.7. The van der Waals surface area contributed by atoms with E-state index in [-0.39, 0.29) is 6.04 Å². The molecule has 2 N–H and O–H groups in total. The number of nitrogens with zero attached hydrogens (tertiary/aromatic N) is 2. The molecule has 0 bridgehead atoms. The van der Waals surface area contributed by atoms with E-state index < -0.39 is 0 Å². The van der Waals surface area contributed by atoms with Crippen molar-refractivity contribution in [2.24, 2.45) is 0 Å². The summed E-state index contributed by atoms with van der Waals surface area (Å²) in [5.74, 6) is 2.13. The van der Waals surface area contributed by atoms with Gasteiger partial charge in [0, 0.05) is 19.0 Å². The normalized spacial score (nSPS) is 12.2. The van der Waals surface area contributed by atoms with Crippen LogP contribution in [-0.2, 0) is 6.42 Å². The molecule has 102 valence electrons. The second kappa shape index (κ2) is 6.43. The summed E-state index contributed by atoms with van der Waals surface area (Å²) in [6.45, 7) is 4.81. The highest BCUT2D eigenvalue weighted by Crippen LogP contribution is 2.20. The van der Waals surface area contributed by atoms with Crippen LogP contribution in [0, 0.1) is 0 Å². The molecule has 0 amide bonds. The van der Waals surface area contributed by atoms with Crippen LogP contribution >= 0.6 is 11.6 Å². The first-order valence-electron chi connectivity index (χ1n) is 6.24. The Morgan fingerprint density at radius 3 is 3.00 bits per heavy atom. The van der Waals surface area contributed by atoms with E-state index in [0.717, 1.165) is 18.7 Å². The van der Waals surface area contributed by atoms with Crippen molar-refractivity contribution in [3.63, 3.8) is 0 Å². The van der Waals surface area contributed by atoms with Crippen molar-refractivity contribution >= 4 is 23.4 Å². The minimum Gasteiger partial charge on any atom is -0.469 e. The van der Waals surface area contributed by atoms with Crippen LogP contribution in [0.2, 0.25) is 5.02 Å². The molecule has 0 spiro atoms. The number of hydrogen-bond acceptors (Lipinski definition) is 5. The maximum absolute atomic E-state index is 6.08. The lowest BCUT2D eigenvalue weighted by Crippen LogP contribution is -2.19. The first kappa shape index (κ1) is 13.7. The van der Waals surface area contributed by atoms with Gasteiger partial charge >= 0.3 is 0 Å². The molecule has 2 heterocycles. The minimum absolute atomic E-state index is 0.160. The summed E-state index contributed by atoms with van der Waals surface area (Å²) in [5, 5.41) is 6.83. The number of halogens is 1. The summed E-state index contributed by atoms with van der Waals surface area (Å²) in [6.07, 6.45) is 4.03. The fourth-order valence-corrected chi connectivity index (χ4v) is 1.87. The first-order chi connectivity index (χ1) is 9.19. The highest BCUT2D eigenvalue weighted by atomic mass is 35.5. The number of anilines is 2. The molecule has 0 fully saturated rings. The van der Waals surface area contributed by atoms with Crippen LogP contribution in [0.3, 0.4) is 0 Å². The molecule has 2 aromatic rings. The molecule has 2 rings (SSSR count). The van der Waals surface area contributed by atoms with Crippen LogP contribution in [-0.4, -0.2) is 22.6 Å². The molecule has 6 heteroatoms. The lowest BCUT2D eigenvalue weighted by molar-refractivity contribution is 0.497. The Labute approximate surface area is 117 Å². The van der Waals surface area contributed by atoms with E-state index >= 15 is 0 Å². The van der Waals surface area contributed by atoms with Crippen molar-refractivity contribution in [2.45, 2.75) is 26.3 Å². The number of nitrogens with one attached hydrogen (secondary N) is 2. The smallest absolute Gasteiger partial charge is 0.224 e. The van der Waals surface area contributed by atoms with Gasteiger partial charge in [0.25, 0.3) is 0 Å². The molecule has 0 aliphatic rings. The predicted molar refractivity (Wildman–Crippen MR) is 76.7 cm³/mol. The number of rotatable bonds is 6. The number of hydrogen-bond donors (Lipinski definition) is 2. The van der Waals surface area contributed by atoms with Gasteiger partial charge in [0.2, 0.25) is 5.95 Å². The Morgan fingerprint density at radius 2 is 2.32 bits per heavy atom. The van der Waals surface area contributed by atoms with Gasteiger partial charge in [-0.1, -0.05) is 11.6 Å². The van der Waals surface area contributed by atoms with Crippen molar-refractivity contribution in [1.29, 1.82) is 0 Å². The Bertz CT molecular complexity index is 515. The van der Waals surface area contributed by atoms with Gasteiger partial charge < -0.3 is 15.1 Å². The van der Waals surface area contributed by atoms with Crippen LogP contribution in [0.15, 0.2) is 29.0 Å². The van der Waals surface area contributed by atoms with Crippen LogP contribution in [0.1, 0.15) is 19.6 Å². The maximum atomic E-state index is 6.08. The average Bonchev–Trinajstić information content (AvgIpc) is 2.86. The summed E-state index contributed by atoms with van der Waals surface area (Å²) >= 11 is 6.08. The molecule has 1 unspecified atom stereocenters. The third kappa shape index (κ3) is 3.86. The van der Waals surface area contributed by atoms with E-state index in [1.807, 2.05) is 26.0 Å². The van der Waals surface area contributed by atoms with Crippen LogP contribution in [0.5, 0.6) is 0 Å². The Morgan fingerprint density at radius 1 is 1.47 bits per heavy atom. The van der Waals surface area contributed by atoms with Crippen molar-refractivity contribution in [2.75, 3.05) is 17.2 Å². The summed E-state index contributed by atoms with van der Waals surface area (Å²) < 4.78 is 5.32. The maximum Gasteiger partial charge on any atom is 0.224 e. The first-order valence-corrected chi connectivity index (χ1v) is 6.62. The van der Waals surface area contributed by atoms with Gasteiger partial charge in [-0.25, -0.2) is 4.98 Å². The number of furan rings is 1. The largest absolute Gasteiger partial charge is 0.469 e. The molecular formula is C13H17ClN4O. The monoisotopic (exact) mass is 280 g/mol. The van der Waals surface area contributed by atoms with Crippen molar-refractivity contribution in [3.05, 3.63) is 35.4 Å². The fourth-order valence-electron chi connectivity index (χ4n) is 1.73. The third-order valence-electron chi connectivity index (χ3n) is 2.55. The van der Waals surface area contributed by atoms with Gasteiger partial charge in [-0.3, -0.25) is 0 Å². The Kier molecular flexibility index (Phi) is 4.63. The van der Waals surface area contributed by atoms with E-state index in [9.17, 15) is 0 Å². The van der Waals surface area contributed by atoms with Crippen molar-refractivity contribution in [3.8, 4) is 0 Å². The summed E-state index contributed by atoms with van der Waals surface area (Å²) in [6, 6.07) is 3.99. The zero-order valence-electron chi connectivity index (χ0n) is 11.0. The molecule has 5 nitrogen and oxygen atoms in total. The minimum atomic E-state index is 0.160. The van der Waals surface area contributed by atoms with Crippen molar-refractivity contribution < 1.29 is 4.42 Å². The lowest BCUT2D eigenvalue weighted by Gasteiger charge is -2.15. The molecule has 2 aromatic heterocycles. The highest BCUT2D eigenvalue weighted by Gasteiger charge is 2.10. The molecule has 0 aromatic carbocycles. The second-order valence-electron chi connectivity index (χ2n) is 4.25. The van der Waals surface area contributed by atoms with Crippen LogP contribution in [0.25, 0.3) is 0 Å². The number of aromatic nitrogens is 2. The van der Waals surface area contributed by atoms with Crippen LogP contribution < -0.4 is 10.6 Å². The molecule has 0 aliphatic carbocycles. The molecule has 0 radical (unpaired) electrons. The van der Waals surface area contributed by atoms with E-state index in [0.29, 0.717) is 16.8 Å². The lowest BCUT2D eigenvalue weighted by atomic mass is 10.2. The van der Waals surface area contributed by atoms with Gasteiger partial charge in [0.15, 0.2) is 5.82 Å². The topological polar surface area (TPSA) is 63.0 Å². The summed E-state index contributed by atoms with van der Waals surface area (Å²) in [7, 11) is 0. The molecular weight excluding hydrogens is 264 g/mol. The fraction of sp³-hybridized carbons (Fsp3) is 0.385. The zero-order valence-corrected chi connectivity index (χ0v) is 11.7. The van der Waals surface area contributed by atoms with Gasteiger partial charge in [-0.2, -0.15) is 4.98 Å². The predicted octanol–water partition coefficient (Wildman–Crippen LogP) is 3.20. The summed E-state index contributed by atoms with van der Waals surface area (Å²) in [4.78, 5) is 8.43. The SMILES string of the molecule is CCNc1ncc(Cl)c(NC(C)Cc2ccco2)n1. The van der Waals surface area contributed by atoms with Gasteiger partial charge in [0.1, 0.15) is 10.8 Å². The standard InChI is InChI=1S/C13H17ClN4O/c1-3-15-13-16-8-11(14)12(18-13)17-9(2)7-10-5-4-6-19-10/h4-6,8-9H,3,7H2,1-2H3,(H2,15,16,17,18). The van der Waals surface area contributed by atoms with E-state index in [4.69, 9.17) is 16.0 Å². The average molecular weight is 281 g/mol. The second-order valence-corrected chi connectivity index (χ2v) is 4.66. The Balaban J connectivity index is 2.02. The Hall–Kier alpha value is -1.75. The summed E-state index contributed by atoms with van der Waals surface area (Å²) in [5.41, 5.74) is 0. The molecule has 0 aliphatic heterocycles.